The Balaban J connectivity index is 1.32. The van der Waals surface area contributed by atoms with Gasteiger partial charge < -0.3 is 19.0 Å². The lowest BCUT2D eigenvalue weighted by Crippen LogP contribution is -2.41. The molecule has 2 fully saturated rings. The standard InChI is InChI=1S/C25H30BN3O4/c1-24(2)25(3,4)33-26(32-24)18-12-13-19-20(15-18)28-22(27-19)21-11-8-14-29(21)23(30)31-16-17-9-6-5-7-10-17/h5-7,9-10,12-13,15,21H,8,11,14,16H2,1-4H3,(H,27,28)/t21-/m0/s1. The van der Waals surface area contributed by atoms with Gasteiger partial charge >= 0.3 is 13.2 Å². The number of H-pyrrole nitrogens is 1. The van der Waals surface area contributed by atoms with E-state index in [0.717, 1.165) is 40.7 Å². The van der Waals surface area contributed by atoms with Crippen LogP contribution >= 0.6 is 0 Å². The van der Waals surface area contributed by atoms with Crippen LogP contribution in [-0.2, 0) is 20.7 Å². The molecule has 2 saturated heterocycles. The van der Waals surface area contributed by atoms with E-state index >= 15 is 0 Å². The Morgan fingerprint density at radius 3 is 2.61 bits per heavy atom. The number of ether oxygens (including phenoxy) is 1. The van der Waals surface area contributed by atoms with Crippen molar-refractivity contribution in [1.29, 1.82) is 0 Å². The lowest BCUT2D eigenvalue weighted by molar-refractivity contribution is 0.00578. The van der Waals surface area contributed by atoms with Crippen LogP contribution in [0, 0.1) is 0 Å². The number of carbonyl (C=O) groups excluding carboxylic acids is 1. The molecule has 1 atom stereocenters. The number of benzene rings is 2. The predicted octanol–water partition coefficient (Wildman–Crippen LogP) is 4.34. The summed E-state index contributed by atoms with van der Waals surface area (Å²) < 4.78 is 18.0. The second-order valence-electron chi connectivity index (χ2n) is 9.88. The first-order chi connectivity index (χ1) is 15.7. The zero-order valence-electron chi connectivity index (χ0n) is 19.6. The van der Waals surface area contributed by atoms with Crippen LogP contribution < -0.4 is 5.46 Å². The number of amides is 1. The number of rotatable bonds is 4. The second kappa shape index (κ2) is 8.19. The van der Waals surface area contributed by atoms with E-state index in [2.05, 4.69) is 4.98 Å². The SMILES string of the molecule is CC1(C)OB(c2ccc3[nH]c([C@@H]4CCCN4C(=O)OCc4ccccc4)nc3c2)OC1(C)C. The molecule has 172 valence electrons. The van der Waals surface area contributed by atoms with Crippen LogP contribution in [0.5, 0.6) is 0 Å². The molecule has 3 heterocycles. The van der Waals surface area contributed by atoms with Gasteiger partial charge in [-0.15, -0.1) is 0 Å². The number of fused-ring (bicyclic) bond motifs is 1. The van der Waals surface area contributed by atoms with Crippen LogP contribution in [0.2, 0.25) is 0 Å². The zero-order valence-corrected chi connectivity index (χ0v) is 19.6. The summed E-state index contributed by atoms with van der Waals surface area (Å²) in [6.07, 6.45) is 1.46. The summed E-state index contributed by atoms with van der Waals surface area (Å²) in [7, 11) is -0.435. The van der Waals surface area contributed by atoms with Crippen molar-refractivity contribution in [3.63, 3.8) is 0 Å². The molecule has 8 heteroatoms. The second-order valence-corrected chi connectivity index (χ2v) is 9.88. The van der Waals surface area contributed by atoms with Gasteiger partial charge in [0.15, 0.2) is 0 Å². The summed E-state index contributed by atoms with van der Waals surface area (Å²) in [6.45, 7) is 9.11. The number of hydrogen-bond donors (Lipinski definition) is 1. The van der Waals surface area contributed by atoms with Crippen LogP contribution in [0.1, 0.15) is 58.0 Å². The first kappa shape index (κ1) is 22.0. The van der Waals surface area contributed by atoms with Gasteiger partial charge in [0.25, 0.3) is 0 Å². The highest BCUT2D eigenvalue weighted by atomic mass is 16.7. The molecule has 0 unspecified atom stereocenters. The van der Waals surface area contributed by atoms with Crippen molar-refractivity contribution in [2.24, 2.45) is 0 Å². The molecule has 0 spiro atoms. The number of aromatic nitrogens is 2. The van der Waals surface area contributed by atoms with Crippen LogP contribution in [0.4, 0.5) is 4.79 Å². The molecule has 0 saturated carbocycles. The average Bonchev–Trinajstić information content (AvgIpc) is 3.48. The number of imidazole rings is 1. The Hall–Kier alpha value is -2.84. The monoisotopic (exact) mass is 447 g/mol. The Morgan fingerprint density at radius 1 is 1.15 bits per heavy atom. The number of nitrogens with one attached hydrogen (secondary N) is 1. The van der Waals surface area contributed by atoms with E-state index in [4.69, 9.17) is 19.0 Å². The van der Waals surface area contributed by atoms with Crippen molar-refractivity contribution in [3.8, 4) is 0 Å². The summed E-state index contributed by atoms with van der Waals surface area (Å²) in [4.78, 5) is 22.8. The third kappa shape index (κ3) is 4.13. The molecule has 1 amide bonds. The fraction of sp³-hybridized carbons (Fsp3) is 0.440. The molecule has 2 aliphatic heterocycles. The van der Waals surface area contributed by atoms with Crippen molar-refractivity contribution in [2.75, 3.05) is 6.54 Å². The predicted molar refractivity (Wildman–Crippen MR) is 127 cm³/mol. The molecule has 2 aliphatic rings. The zero-order chi connectivity index (χ0) is 23.2. The molecule has 33 heavy (non-hydrogen) atoms. The Labute approximate surface area is 194 Å². The first-order valence-electron chi connectivity index (χ1n) is 11.6. The van der Waals surface area contributed by atoms with Crippen molar-refractivity contribution in [2.45, 2.75) is 64.4 Å². The fourth-order valence-corrected chi connectivity index (χ4v) is 4.40. The molecule has 1 aromatic heterocycles. The molecule has 1 N–H and O–H groups in total. The van der Waals surface area contributed by atoms with E-state index in [1.54, 1.807) is 4.90 Å². The minimum atomic E-state index is -0.435. The van der Waals surface area contributed by atoms with Crippen LogP contribution in [0.3, 0.4) is 0 Å². The van der Waals surface area contributed by atoms with Crippen molar-refractivity contribution >= 4 is 29.7 Å². The maximum Gasteiger partial charge on any atom is 0.494 e. The smallest absolute Gasteiger partial charge is 0.445 e. The van der Waals surface area contributed by atoms with E-state index in [9.17, 15) is 4.79 Å². The normalized spacial score (nSPS) is 21.6. The Morgan fingerprint density at radius 2 is 1.88 bits per heavy atom. The molecule has 2 aromatic carbocycles. The van der Waals surface area contributed by atoms with Gasteiger partial charge in [-0.25, -0.2) is 9.78 Å². The number of nitrogens with zero attached hydrogens (tertiary/aromatic N) is 2. The molecular formula is C25H30BN3O4. The molecule has 7 nitrogen and oxygen atoms in total. The lowest BCUT2D eigenvalue weighted by Gasteiger charge is -2.32. The molecular weight excluding hydrogens is 417 g/mol. The highest BCUT2D eigenvalue weighted by molar-refractivity contribution is 6.62. The number of likely N-dealkylation sites (tertiary alicyclic amines) is 1. The van der Waals surface area contributed by atoms with E-state index in [0.29, 0.717) is 6.54 Å². The van der Waals surface area contributed by atoms with Gasteiger partial charge in [0.05, 0.1) is 28.3 Å². The average molecular weight is 447 g/mol. The molecule has 0 aliphatic carbocycles. The third-order valence-electron chi connectivity index (χ3n) is 7.06. The van der Waals surface area contributed by atoms with E-state index in [1.807, 2.05) is 76.2 Å². The van der Waals surface area contributed by atoms with Crippen LogP contribution in [0.25, 0.3) is 11.0 Å². The fourth-order valence-electron chi connectivity index (χ4n) is 4.40. The van der Waals surface area contributed by atoms with Crippen molar-refractivity contribution in [3.05, 3.63) is 59.9 Å². The van der Waals surface area contributed by atoms with Gasteiger partial charge in [0, 0.05) is 6.54 Å². The van der Waals surface area contributed by atoms with Crippen LogP contribution in [0.15, 0.2) is 48.5 Å². The quantitative estimate of drug-likeness (QED) is 0.603. The maximum atomic E-state index is 12.8. The Kier molecular flexibility index (Phi) is 5.45. The number of hydrogen-bond acceptors (Lipinski definition) is 5. The van der Waals surface area contributed by atoms with Gasteiger partial charge in [-0.1, -0.05) is 36.4 Å². The number of aromatic amines is 1. The minimum Gasteiger partial charge on any atom is -0.445 e. The molecule has 3 aromatic rings. The van der Waals surface area contributed by atoms with E-state index < -0.39 is 18.3 Å². The van der Waals surface area contributed by atoms with Gasteiger partial charge in [-0.3, -0.25) is 4.90 Å². The summed E-state index contributed by atoms with van der Waals surface area (Å²) in [5, 5.41) is 0. The summed E-state index contributed by atoms with van der Waals surface area (Å²) >= 11 is 0. The largest absolute Gasteiger partial charge is 0.494 e. The lowest BCUT2D eigenvalue weighted by atomic mass is 9.79. The van der Waals surface area contributed by atoms with Crippen molar-refractivity contribution < 1.29 is 18.8 Å². The highest BCUT2D eigenvalue weighted by Crippen LogP contribution is 2.37. The third-order valence-corrected chi connectivity index (χ3v) is 7.06. The molecule has 0 bridgehead atoms. The van der Waals surface area contributed by atoms with Crippen LogP contribution in [-0.4, -0.2) is 45.8 Å². The summed E-state index contributed by atoms with van der Waals surface area (Å²) in [5.74, 6) is 0.783. The van der Waals surface area contributed by atoms with Gasteiger partial charge in [0.1, 0.15) is 12.4 Å². The number of carbonyl (C=O) groups is 1. The first-order valence-corrected chi connectivity index (χ1v) is 11.6. The highest BCUT2D eigenvalue weighted by Gasteiger charge is 2.51. The van der Waals surface area contributed by atoms with Gasteiger partial charge in [0.2, 0.25) is 0 Å². The topological polar surface area (TPSA) is 76.7 Å². The van der Waals surface area contributed by atoms with Gasteiger partial charge in [-0.05, 0) is 63.7 Å². The molecule has 0 radical (unpaired) electrons. The van der Waals surface area contributed by atoms with E-state index in [1.165, 1.54) is 0 Å². The molecule has 5 rings (SSSR count). The maximum absolute atomic E-state index is 12.8. The Bertz CT molecular complexity index is 1140. The van der Waals surface area contributed by atoms with Gasteiger partial charge in [-0.2, -0.15) is 0 Å². The van der Waals surface area contributed by atoms with E-state index in [-0.39, 0.29) is 18.7 Å². The minimum absolute atomic E-state index is 0.124. The van der Waals surface area contributed by atoms with Crippen molar-refractivity contribution in [1.82, 2.24) is 14.9 Å². The summed E-state index contributed by atoms with van der Waals surface area (Å²) in [6, 6.07) is 15.6. The summed E-state index contributed by atoms with van der Waals surface area (Å²) in [5.41, 5.74) is 2.88.